The van der Waals surface area contributed by atoms with E-state index in [-0.39, 0.29) is 18.4 Å². The Hall–Kier alpha value is -2.31. The standard InChI is InChI=1S/C13H17NO6/c1-7-6-9(8(2)20-7)12(16)14-10(13(17)18)4-5-11(15)19-3/h6,10H,4-5H2,1-3H3,(H,14,16)(H,17,18)/t10-/m1/s1. The lowest BCUT2D eigenvalue weighted by atomic mass is 10.1. The average molecular weight is 283 g/mol. The van der Waals surface area contributed by atoms with Crippen molar-refractivity contribution in [1.29, 1.82) is 0 Å². The number of methoxy groups -OCH3 is 1. The summed E-state index contributed by atoms with van der Waals surface area (Å²) >= 11 is 0. The van der Waals surface area contributed by atoms with Gasteiger partial charge in [0.2, 0.25) is 0 Å². The van der Waals surface area contributed by atoms with Gasteiger partial charge in [-0.2, -0.15) is 0 Å². The minimum absolute atomic E-state index is 0.0381. The van der Waals surface area contributed by atoms with Crippen LogP contribution in [0.5, 0.6) is 0 Å². The predicted octanol–water partition coefficient (Wildman–Crippen LogP) is 1.03. The second-order valence-electron chi connectivity index (χ2n) is 4.31. The molecule has 0 aliphatic heterocycles. The van der Waals surface area contributed by atoms with Crippen LogP contribution in [0.25, 0.3) is 0 Å². The molecule has 110 valence electrons. The number of aryl methyl sites for hydroxylation is 2. The summed E-state index contributed by atoms with van der Waals surface area (Å²) in [6.45, 7) is 3.31. The van der Waals surface area contributed by atoms with E-state index < -0.39 is 23.9 Å². The van der Waals surface area contributed by atoms with Crippen LogP contribution in [0.3, 0.4) is 0 Å². The van der Waals surface area contributed by atoms with E-state index in [0.29, 0.717) is 11.5 Å². The molecule has 2 N–H and O–H groups in total. The summed E-state index contributed by atoms with van der Waals surface area (Å²) in [4.78, 5) is 34.0. The zero-order valence-corrected chi connectivity index (χ0v) is 11.6. The van der Waals surface area contributed by atoms with Crippen molar-refractivity contribution in [3.8, 4) is 0 Å². The van der Waals surface area contributed by atoms with Gasteiger partial charge in [-0.25, -0.2) is 4.79 Å². The van der Waals surface area contributed by atoms with Crippen molar-refractivity contribution >= 4 is 17.8 Å². The van der Waals surface area contributed by atoms with E-state index in [0.717, 1.165) is 0 Å². The van der Waals surface area contributed by atoms with Gasteiger partial charge < -0.3 is 19.6 Å². The molecule has 7 nitrogen and oxygen atoms in total. The minimum atomic E-state index is -1.21. The van der Waals surface area contributed by atoms with E-state index in [9.17, 15) is 14.4 Å². The highest BCUT2D eigenvalue weighted by Gasteiger charge is 2.23. The number of carboxylic acid groups (broad SMARTS) is 1. The molecular formula is C13H17NO6. The molecule has 0 spiro atoms. The number of hydrogen-bond acceptors (Lipinski definition) is 5. The fourth-order valence-electron chi connectivity index (χ4n) is 1.71. The summed E-state index contributed by atoms with van der Waals surface area (Å²) in [7, 11) is 1.22. The number of hydrogen-bond donors (Lipinski definition) is 2. The summed E-state index contributed by atoms with van der Waals surface area (Å²) in [6, 6.07) is 0.375. The van der Waals surface area contributed by atoms with E-state index in [1.807, 2.05) is 0 Å². The van der Waals surface area contributed by atoms with Crippen LogP contribution in [0.2, 0.25) is 0 Å². The van der Waals surface area contributed by atoms with Crippen LogP contribution in [-0.2, 0) is 14.3 Å². The Kier molecular flexibility index (Phi) is 5.31. The van der Waals surface area contributed by atoms with Crippen molar-refractivity contribution in [2.24, 2.45) is 0 Å². The first kappa shape index (κ1) is 15.7. The number of aliphatic carboxylic acids is 1. The molecule has 0 unspecified atom stereocenters. The Morgan fingerprint density at radius 2 is 2.05 bits per heavy atom. The summed E-state index contributed by atoms with van der Waals surface area (Å²) in [5, 5.41) is 11.4. The molecule has 1 atom stereocenters. The maximum Gasteiger partial charge on any atom is 0.326 e. The number of ether oxygens (including phenoxy) is 1. The quantitative estimate of drug-likeness (QED) is 0.755. The first-order valence-corrected chi connectivity index (χ1v) is 6.02. The number of amides is 1. The van der Waals surface area contributed by atoms with Gasteiger partial charge in [0.1, 0.15) is 17.6 Å². The third-order valence-corrected chi connectivity index (χ3v) is 2.75. The van der Waals surface area contributed by atoms with Crippen LogP contribution >= 0.6 is 0 Å². The molecule has 1 aromatic rings. The van der Waals surface area contributed by atoms with Gasteiger partial charge in [0.05, 0.1) is 12.7 Å². The van der Waals surface area contributed by atoms with Gasteiger partial charge in [-0.05, 0) is 26.3 Å². The Morgan fingerprint density at radius 3 is 2.50 bits per heavy atom. The molecular weight excluding hydrogens is 266 g/mol. The molecule has 0 radical (unpaired) electrons. The number of carbonyl (C=O) groups excluding carboxylic acids is 2. The fraction of sp³-hybridized carbons (Fsp3) is 0.462. The first-order chi connectivity index (χ1) is 9.35. The van der Waals surface area contributed by atoms with E-state index >= 15 is 0 Å². The maximum atomic E-state index is 12.0. The van der Waals surface area contributed by atoms with Crippen molar-refractivity contribution in [3.63, 3.8) is 0 Å². The molecule has 0 bridgehead atoms. The Bertz CT molecular complexity index is 519. The summed E-state index contributed by atoms with van der Waals surface area (Å²) in [5.74, 6) is -1.30. The highest BCUT2D eigenvalue weighted by Crippen LogP contribution is 2.14. The van der Waals surface area contributed by atoms with Crippen molar-refractivity contribution in [2.45, 2.75) is 32.7 Å². The third-order valence-electron chi connectivity index (χ3n) is 2.75. The molecule has 0 fully saturated rings. The van der Waals surface area contributed by atoms with E-state index in [1.54, 1.807) is 13.8 Å². The largest absolute Gasteiger partial charge is 0.480 e. The van der Waals surface area contributed by atoms with Crippen LogP contribution in [-0.4, -0.2) is 36.1 Å². The number of carbonyl (C=O) groups is 3. The predicted molar refractivity (Wildman–Crippen MR) is 68.3 cm³/mol. The van der Waals surface area contributed by atoms with Crippen LogP contribution in [0.4, 0.5) is 0 Å². The molecule has 20 heavy (non-hydrogen) atoms. The first-order valence-electron chi connectivity index (χ1n) is 6.02. The van der Waals surface area contributed by atoms with Gasteiger partial charge in [0, 0.05) is 6.42 Å². The number of rotatable bonds is 6. The molecule has 0 saturated heterocycles. The van der Waals surface area contributed by atoms with E-state index in [1.165, 1.54) is 13.2 Å². The minimum Gasteiger partial charge on any atom is -0.480 e. The van der Waals surface area contributed by atoms with Gasteiger partial charge in [0.15, 0.2) is 0 Å². The van der Waals surface area contributed by atoms with Crippen LogP contribution < -0.4 is 5.32 Å². The molecule has 0 aromatic carbocycles. The van der Waals surface area contributed by atoms with Gasteiger partial charge in [0.25, 0.3) is 5.91 Å². The Labute approximate surface area is 115 Å². The highest BCUT2D eigenvalue weighted by molar-refractivity contribution is 5.97. The lowest BCUT2D eigenvalue weighted by molar-refractivity contribution is -0.142. The molecule has 0 aliphatic carbocycles. The fourth-order valence-corrected chi connectivity index (χ4v) is 1.71. The van der Waals surface area contributed by atoms with Gasteiger partial charge in [-0.1, -0.05) is 0 Å². The van der Waals surface area contributed by atoms with Gasteiger partial charge in [-0.3, -0.25) is 9.59 Å². The summed E-state index contributed by atoms with van der Waals surface area (Å²) < 4.78 is 9.64. The monoisotopic (exact) mass is 283 g/mol. The number of furan rings is 1. The highest BCUT2D eigenvalue weighted by atomic mass is 16.5. The molecule has 1 heterocycles. The Morgan fingerprint density at radius 1 is 1.40 bits per heavy atom. The van der Waals surface area contributed by atoms with Crippen molar-refractivity contribution < 1.29 is 28.6 Å². The zero-order chi connectivity index (χ0) is 15.3. The second kappa shape index (κ2) is 6.74. The Balaban J connectivity index is 2.70. The van der Waals surface area contributed by atoms with Crippen LogP contribution in [0.1, 0.15) is 34.7 Å². The average Bonchev–Trinajstić information content (AvgIpc) is 2.72. The number of carboxylic acids is 1. The van der Waals surface area contributed by atoms with Crippen LogP contribution in [0.15, 0.2) is 10.5 Å². The normalized spacial score (nSPS) is 11.8. The topological polar surface area (TPSA) is 106 Å². The summed E-state index contributed by atoms with van der Waals surface area (Å²) in [6.07, 6.45) is -0.124. The smallest absolute Gasteiger partial charge is 0.326 e. The lowest BCUT2D eigenvalue weighted by Gasteiger charge is -2.13. The second-order valence-corrected chi connectivity index (χ2v) is 4.31. The van der Waals surface area contributed by atoms with Crippen LogP contribution in [0, 0.1) is 13.8 Å². The molecule has 1 rings (SSSR count). The molecule has 0 aliphatic rings. The summed E-state index contributed by atoms with van der Waals surface area (Å²) in [5.41, 5.74) is 0.284. The van der Waals surface area contributed by atoms with Gasteiger partial charge in [-0.15, -0.1) is 0 Å². The molecule has 1 aromatic heterocycles. The maximum absolute atomic E-state index is 12.0. The van der Waals surface area contributed by atoms with Gasteiger partial charge >= 0.3 is 11.9 Å². The SMILES string of the molecule is COC(=O)CC[C@@H](NC(=O)c1cc(C)oc1C)C(=O)O. The third kappa shape index (κ3) is 4.11. The van der Waals surface area contributed by atoms with E-state index in [2.05, 4.69) is 10.1 Å². The lowest BCUT2D eigenvalue weighted by Crippen LogP contribution is -2.41. The van der Waals surface area contributed by atoms with Crippen molar-refractivity contribution in [1.82, 2.24) is 5.32 Å². The van der Waals surface area contributed by atoms with E-state index in [4.69, 9.17) is 9.52 Å². The van der Waals surface area contributed by atoms with Crippen molar-refractivity contribution in [2.75, 3.05) is 7.11 Å². The van der Waals surface area contributed by atoms with Crippen molar-refractivity contribution in [3.05, 3.63) is 23.2 Å². The molecule has 7 heteroatoms. The molecule has 0 saturated carbocycles. The molecule has 1 amide bonds. The number of esters is 1. The number of nitrogens with one attached hydrogen (secondary N) is 1. The zero-order valence-electron chi connectivity index (χ0n) is 11.6.